The van der Waals surface area contributed by atoms with E-state index < -0.39 is 11.5 Å². The first-order valence-corrected chi connectivity index (χ1v) is 5.32. The Kier molecular flexibility index (Phi) is 2.63. The molecule has 0 saturated carbocycles. The quantitative estimate of drug-likeness (QED) is 0.774. The summed E-state index contributed by atoms with van der Waals surface area (Å²) >= 11 is 0. The van der Waals surface area contributed by atoms with Gasteiger partial charge in [-0.25, -0.2) is 0 Å². The van der Waals surface area contributed by atoms with Gasteiger partial charge >= 0.3 is 0 Å². The van der Waals surface area contributed by atoms with Gasteiger partial charge in [-0.3, -0.25) is 9.59 Å². The van der Waals surface area contributed by atoms with Crippen LogP contribution >= 0.6 is 0 Å². The normalized spacial score (nSPS) is 10.5. The van der Waals surface area contributed by atoms with Crippen molar-refractivity contribution in [2.75, 3.05) is 0 Å². The summed E-state index contributed by atoms with van der Waals surface area (Å²) in [5.41, 5.74) is 5.79. The minimum atomic E-state index is -0.695. The summed E-state index contributed by atoms with van der Waals surface area (Å²) in [6.45, 7) is 1.75. The van der Waals surface area contributed by atoms with Gasteiger partial charge in [0.05, 0.1) is 6.20 Å². The summed E-state index contributed by atoms with van der Waals surface area (Å²) < 4.78 is 2.55. The lowest BCUT2D eigenvalue weighted by Crippen LogP contribution is -2.30. The number of nitrogens with zero attached hydrogens (tertiary/aromatic N) is 4. The molecule has 0 atom stereocenters. The van der Waals surface area contributed by atoms with Gasteiger partial charge in [0.25, 0.3) is 11.5 Å². The van der Waals surface area contributed by atoms with Crippen molar-refractivity contribution in [1.29, 1.82) is 5.26 Å². The van der Waals surface area contributed by atoms with E-state index in [1.807, 2.05) is 6.07 Å². The lowest BCUT2D eigenvalue weighted by atomic mass is 10.1. The van der Waals surface area contributed by atoms with E-state index in [1.165, 1.54) is 10.8 Å². The van der Waals surface area contributed by atoms with Gasteiger partial charge in [0.2, 0.25) is 0 Å². The number of amides is 1. The second-order valence-electron chi connectivity index (χ2n) is 3.81. The molecule has 0 aliphatic heterocycles. The summed E-state index contributed by atoms with van der Waals surface area (Å²) in [6, 6.07) is 1.93. The Balaban J connectivity index is 3.09. The molecule has 0 aromatic carbocycles. The fourth-order valence-corrected chi connectivity index (χ4v) is 2.06. The van der Waals surface area contributed by atoms with Gasteiger partial charge in [-0.05, 0) is 6.42 Å². The Morgan fingerprint density at radius 1 is 1.61 bits per heavy atom. The zero-order valence-electron chi connectivity index (χ0n) is 9.97. The van der Waals surface area contributed by atoms with E-state index >= 15 is 0 Å². The maximum atomic E-state index is 12.1. The van der Waals surface area contributed by atoms with Gasteiger partial charge in [-0.15, -0.1) is 0 Å². The van der Waals surface area contributed by atoms with Crippen molar-refractivity contribution in [1.82, 2.24) is 14.2 Å². The number of fused-ring (bicyclic) bond motifs is 1. The number of nitrogens with two attached hydrogens (primary N) is 1. The summed E-state index contributed by atoms with van der Waals surface area (Å²) in [5.74, 6) is -0.695. The van der Waals surface area contributed by atoms with Gasteiger partial charge in [0.1, 0.15) is 17.3 Å². The molecule has 7 heteroatoms. The van der Waals surface area contributed by atoms with E-state index in [9.17, 15) is 9.59 Å². The summed E-state index contributed by atoms with van der Waals surface area (Å²) in [6.07, 6.45) is 1.66. The highest BCUT2D eigenvalue weighted by molar-refractivity contribution is 5.93. The number of carbonyl (C=O) groups excluding carboxylic acids is 1. The molecule has 0 spiro atoms. The zero-order chi connectivity index (χ0) is 13.4. The average Bonchev–Trinajstić information content (AvgIpc) is 2.76. The highest BCUT2D eigenvalue weighted by Gasteiger charge is 2.20. The predicted molar refractivity (Wildman–Crippen MR) is 63.0 cm³/mol. The van der Waals surface area contributed by atoms with Crippen LogP contribution in [0.4, 0.5) is 0 Å². The first-order valence-electron chi connectivity index (χ1n) is 5.32. The van der Waals surface area contributed by atoms with Crippen LogP contribution in [0.15, 0.2) is 11.0 Å². The second kappa shape index (κ2) is 4.00. The summed E-state index contributed by atoms with van der Waals surface area (Å²) in [7, 11) is 1.58. The van der Waals surface area contributed by atoms with Gasteiger partial charge in [0.15, 0.2) is 5.65 Å². The van der Waals surface area contributed by atoms with Crippen LogP contribution in [0.2, 0.25) is 0 Å². The smallest absolute Gasteiger partial charge is 0.278 e. The monoisotopic (exact) mass is 245 g/mol. The molecule has 0 fully saturated rings. The van der Waals surface area contributed by atoms with Crippen LogP contribution < -0.4 is 11.3 Å². The Morgan fingerprint density at radius 3 is 2.78 bits per heavy atom. The molecule has 7 nitrogen and oxygen atoms in total. The van der Waals surface area contributed by atoms with Crippen LogP contribution in [0.25, 0.3) is 5.65 Å². The van der Waals surface area contributed by atoms with Crippen LogP contribution in [0, 0.1) is 11.3 Å². The van der Waals surface area contributed by atoms with Crippen LogP contribution in [-0.2, 0) is 13.5 Å². The van der Waals surface area contributed by atoms with E-state index in [2.05, 4.69) is 5.10 Å². The molecule has 2 heterocycles. The van der Waals surface area contributed by atoms with Crippen LogP contribution in [0.1, 0.15) is 28.5 Å². The molecule has 1 amide bonds. The highest BCUT2D eigenvalue weighted by atomic mass is 16.1. The topological polar surface area (TPSA) is 106 Å². The molecular formula is C11H11N5O2. The maximum absolute atomic E-state index is 12.1. The molecule has 2 aromatic heterocycles. The van der Waals surface area contributed by atoms with Gasteiger partial charge < -0.3 is 10.3 Å². The van der Waals surface area contributed by atoms with Crippen LogP contribution in [0.5, 0.6) is 0 Å². The standard InChI is InChI=1S/C11H11N5O2/c1-3-7-8(9(13)17)15(2)10-6(4-12)5-14-16(10)11(7)18/h5H,3H2,1-2H3,(H2,13,17). The largest absolute Gasteiger partial charge is 0.364 e. The van der Waals surface area contributed by atoms with Crippen molar-refractivity contribution in [2.24, 2.45) is 12.8 Å². The molecule has 18 heavy (non-hydrogen) atoms. The Labute approximate surface area is 102 Å². The molecule has 2 N–H and O–H groups in total. The predicted octanol–water partition coefficient (Wildman–Crippen LogP) is -0.434. The van der Waals surface area contributed by atoms with Gasteiger partial charge in [-0.1, -0.05) is 6.92 Å². The van der Waals surface area contributed by atoms with E-state index in [-0.39, 0.29) is 16.9 Å². The van der Waals surface area contributed by atoms with Crippen molar-refractivity contribution in [3.05, 3.63) is 33.4 Å². The fourth-order valence-electron chi connectivity index (χ4n) is 2.06. The molecule has 2 aromatic rings. The number of aryl methyl sites for hydroxylation is 1. The van der Waals surface area contributed by atoms with Gasteiger partial charge in [-0.2, -0.15) is 14.9 Å². The van der Waals surface area contributed by atoms with Crippen molar-refractivity contribution < 1.29 is 4.79 Å². The van der Waals surface area contributed by atoms with E-state index in [1.54, 1.807) is 14.0 Å². The first kappa shape index (κ1) is 11.9. The minimum absolute atomic E-state index is 0.118. The third-order valence-electron chi connectivity index (χ3n) is 2.84. The lowest BCUT2D eigenvalue weighted by Gasteiger charge is -2.12. The number of hydrogen-bond donors (Lipinski definition) is 1. The Hall–Kier alpha value is -2.62. The first-order chi connectivity index (χ1) is 8.52. The molecular weight excluding hydrogens is 234 g/mol. The number of primary amides is 1. The molecule has 0 radical (unpaired) electrons. The van der Waals surface area contributed by atoms with E-state index in [0.717, 1.165) is 4.52 Å². The average molecular weight is 245 g/mol. The fraction of sp³-hybridized carbons (Fsp3) is 0.273. The number of rotatable bonds is 2. The summed E-state index contributed by atoms with van der Waals surface area (Å²) in [4.78, 5) is 23.6. The molecule has 92 valence electrons. The number of nitriles is 1. The van der Waals surface area contributed by atoms with Crippen molar-refractivity contribution in [2.45, 2.75) is 13.3 Å². The third-order valence-corrected chi connectivity index (χ3v) is 2.84. The Morgan fingerprint density at radius 2 is 2.28 bits per heavy atom. The zero-order valence-corrected chi connectivity index (χ0v) is 9.97. The Bertz CT molecular complexity index is 747. The molecule has 0 aliphatic rings. The maximum Gasteiger partial charge on any atom is 0.278 e. The van der Waals surface area contributed by atoms with E-state index in [4.69, 9.17) is 11.0 Å². The van der Waals surface area contributed by atoms with E-state index in [0.29, 0.717) is 12.0 Å². The third kappa shape index (κ3) is 1.39. The van der Waals surface area contributed by atoms with Crippen LogP contribution in [-0.4, -0.2) is 20.1 Å². The van der Waals surface area contributed by atoms with Crippen molar-refractivity contribution in [3.63, 3.8) is 0 Å². The summed E-state index contributed by atoms with van der Waals surface area (Å²) in [5, 5.41) is 12.8. The molecule has 0 bridgehead atoms. The second-order valence-corrected chi connectivity index (χ2v) is 3.81. The van der Waals surface area contributed by atoms with Gasteiger partial charge in [0, 0.05) is 12.6 Å². The number of carbonyl (C=O) groups is 1. The van der Waals surface area contributed by atoms with Crippen LogP contribution in [0.3, 0.4) is 0 Å². The number of aromatic nitrogens is 3. The van der Waals surface area contributed by atoms with Crippen molar-refractivity contribution >= 4 is 11.6 Å². The van der Waals surface area contributed by atoms with Crippen molar-refractivity contribution in [3.8, 4) is 6.07 Å². The minimum Gasteiger partial charge on any atom is -0.364 e. The SMILES string of the molecule is CCc1c(C(N)=O)n(C)c2c(C#N)cnn2c1=O. The highest BCUT2D eigenvalue weighted by Crippen LogP contribution is 2.12. The molecule has 0 saturated heterocycles. The lowest BCUT2D eigenvalue weighted by molar-refractivity contribution is 0.0991. The molecule has 2 rings (SSSR count). The molecule has 0 aliphatic carbocycles. The molecule has 0 unspecified atom stereocenters. The number of hydrogen-bond acceptors (Lipinski definition) is 4.